The fourth-order valence-electron chi connectivity index (χ4n) is 2.10. The van der Waals surface area contributed by atoms with E-state index in [0.29, 0.717) is 0 Å². The van der Waals surface area contributed by atoms with Crippen LogP contribution in [-0.4, -0.2) is 34.0 Å². The maximum Gasteiger partial charge on any atom is 0.215 e. The molecule has 1 aromatic heterocycles. The highest BCUT2D eigenvalue weighted by atomic mass is 32.2. The number of hydrogen-bond donors (Lipinski definition) is 1. The minimum absolute atomic E-state index is 0.0459. The number of halogens is 1. The lowest BCUT2D eigenvalue weighted by Gasteiger charge is -2.23. The Morgan fingerprint density at radius 2 is 1.95 bits per heavy atom. The second-order valence-corrected chi connectivity index (χ2v) is 7.98. The van der Waals surface area contributed by atoms with Gasteiger partial charge in [-0.25, -0.2) is 17.5 Å². The number of hydrogen-bond acceptors (Lipinski definition) is 4. The smallest absolute Gasteiger partial charge is 0.215 e. The number of nitrogens with zero attached hydrogens (tertiary/aromatic N) is 1. The monoisotopic (exact) mass is 342 g/mol. The number of likely N-dealkylation sites (N-methyl/N-ethyl adjacent to an activating group) is 1. The van der Waals surface area contributed by atoms with E-state index in [1.54, 1.807) is 17.4 Å². The van der Waals surface area contributed by atoms with Crippen LogP contribution in [0, 0.1) is 5.82 Å². The van der Waals surface area contributed by atoms with E-state index in [9.17, 15) is 12.8 Å². The lowest BCUT2D eigenvalue weighted by atomic mass is 10.2. The molecule has 0 radical (unpaired) electrons. The molecule has 120 valence electrons. The molecule has 0 spiro atoms. The van der Waals surface area contributed by atoms with Crippen LogP contribution in [0.5, 0.6) is 0 Å². The van der Waals surface area contributed by atoms with Crippen LogP contribution in [0.3, 0.4) is 0 Å². The molecule has 22 heavy (non-hydrogen) atoms. The van der Waals surface area contributed by atoms with Crippen LogP contribution < -0.4 is 4.72 Å². The first-order valence-electron chi connectivity index (χ1n) is 6.79. The fraction of sp³-hybridized carbons (Fsp3) is 0.333. The average Bonchev–Trinajstić information content (AvgIpc) is 2.95. The van der Waals surface area contributed by atoms with Gasteiger partial charge in [0.05, 0.1) is 11.8 Å². The molecule has 1 heterocycles. The predicted molar refractivity (Wildman–Crippen MR) is 87.8 cm³/mol. The van der Waals surface area contributed by atoms with E-state index in [1.807, 2.05) is 36.5 Å². The molecule has 0 saturated carbocycles. The summed E-state index contributed by atoms with van der Waals surface area (Å²) in [5, 5.41) is 1.96. The maximum absolute atomic E-state index is 13.6. The molecule has 0 aliphatic rings. The Kier molecular flexibility index (Phi) is 5.69. The number of benzene rings is 1. The Morgan fingerprint density at radius 1 is 1.23 bits per heavy atom. The number of sulfonamides is 1. The molecule has 4 nitrogen and oxygen atoms in total. The summed E-state index contributed by atoms with van der Waals surface area (Å²) in [5.74, 6) is -0.861. The van der Waals surface area contributed by atoms with Crippen LogP contribution in [0.2, 0.25) is 0 Å². The van der Waals surface area contributed by atoms with Crippen molar-refractivity contribution in [3.05, 3.63) is 58.0 Å². The molecule has 0 bridgehead atoms. The van der Waals surface area contributed by atoms with E-state index in [2.05, 4.69) is 4.72 Å². The van der Waals surface area contributed by atoms with Crippen molar-refractivity contribution in [2.24, 2.45) is 0 Å². The molecule has 0 saturated heterocycles. The number of nitrogens with one attached hydrogen (secondary N) is 1. The molecule has 1 atom stereocenters. The standard InChI is InChI=1S/C15H19FN2O2S2/c1-18(2)14(15-8-5-9-21-15)10-17-22(19,20)11-12-6-3-4-7-13(12)16/h3-9,14,17H,10-11H2,1-2H3. The van der Waals surface area contributed by atoms with Gasteiger partial charge in [-0.1, -0.05) is 24.3 Å². The number of thiophene rings is 1. The van der Waals surface area contributed by atoms with Crippen molar-refractivity contribution in [1.29, 1.82) is 0 Å². The fourth-order valence-corrected chi connectivity index (χ4v) is 4.18. The topological polar surface area (TPSA) is 49.4 Å². The van der Waals surface area contributed by atoms with E-state index in [-0.39, 0.29) is 23.9 Å². The van der Waals surface area contributed by atoms with Crippen molar-refractivity contribution in [1.82, 2.24) is 9.62 Å². The molecule has 0 aliphatic heterocycles. The van der Waals surface area contributed by atoms with Crippen molar-refractivity contribution in [2.45, 2.75) is 11.8 Å². The largest absolute Gasteiger partial charge is 0.300 e. The third kappa shape index (κ3) is 4.61. The van der Waals surface area contributed by atoms with E-state index in [0.717, 1.165) is 4.88 Å². The van der Waals surface area contributed by atoms with Gasteiger partial charge in [0.1, 0.15) is 5.82 Å². The van der Waals surface area contributed by atoms with E-state index >= 15 is 0 Å². The van der Waals surface area contributed by atoms with E-state index < -0.39 is 15.8 Å². The first kappa shape index (κ1) is 17.1. The van der Waals surface area contributed by atoms with Crippen LogP contribution in [0.15, 0.2) is 41.8 Å². The van der Waals surface area contributed by atoms with Gasteiger partial charge in [0.15, 0.2) is 0 Å². The molecule has 2 aromatic rings. The summed E-state index contributed by atoms with van der Waals surface area (Å²) in [5.41, 5.74) is 0.174. The quantitative estimate of drug-likeness (QED) is 0.841. The molecule has 0 aliphatic carbocycles. The normalized spacial score (nSPS) is 13.5. The summed E-state index contributed by atoms with van der Waals surface area (Å²) < 4.78 is 40.5. The Bertz CT molecular complexity index is 700. The van der Waals surface area contributed by atoms with Gasteiger partial charge in [-0.05, 0) is 31.6 Å². The molecule has 1 N–H and O–H groups in total. The van der Waals surface area contributed by atoms with Gasteiger partial charge in [-0.15, -0.1) is 11.3 Å². The minimum Gasteiger partial charge on any atom is -0.300 e. The van der Waals surface area contributed by atoms with Crippen molar-refractivity contribution < 1.29 is 12.8 Å². The van der Waals surface area contributed by atoms with Crippen LogP contribution in [0.25, 0.3) is 0 Å². The molecular formula is C15H19FN2O2S2. The molecule has 0 amide bonds. The Labute approximate surface area is 134 Å². The average molecular weight is 342 g/mol. The van der Waals surface area contributed by atoms with Gasteiger partial charge < -0.3 is 4.90 Å². The van der Waals surface area contributed by atoms with Gasteiger partial charge in [0, 0.05) is 17.0 Å². The van der Waals surface area contributed by atoms with Crippen molar-refractivity contribution >= 4 is 21.4 Å². The molecule has 2 rings (SSSR count). The maximum atomic E-state index is 13.6. The van der Waals surface area contributed by atoms with Gasteiger partial charge in [0.2, 0.25) is 10.0 Å². The first-order chi connectivity index (χ1) is 10.4. The van der Waals surface area contributed by atoms with Crippen molar-refractivity contribution in [2.75, 3.05) is 20.6 Å². The molecule has 0 fully saturated rings. The van der Waals surface area contributed by atoms with Crippen LogP contribution in [0.4, 0.5) is 4.39 Å². The lowest BCUT2D eigenvalue weighted by molar-refractivity contribution is 0.303. The molecular weight excluding hydrogens is 323 g/mol. The van der Waals surface area contributed by atoms with Gasteiger partial charge >= 0.3 is 0 Å². The SMILES string of the molecule is CN(C)C(CNS(=O)(=O)Cc1ccccc1F)c1cccs1. The van der Waals surface area contributed by atoms with Gasteiger partial charge in [-0.3, -0.25) is 0 Å². The van der Waals surface area contributed by atoms with Crippen LogP contribution in [-0.2, 0) is 15.8 Å². The van der Waals surface area contributed by atoms with Gasteiger partial charge in [0.25, 0.3) is 0 Å². The van der Waals surface area contributed by atoms with E-state index in [1.165, 1.54) is 18.2 Å². The minimum atomic E-state index is -3.59. The molecule has 1 unspecified atom stereocenters. The second-order valence-electron chi connectivity index (χ2n) is 5.19. The molecule has 7 heteroatoms. The highest BCUT2D eigenvalue weighted by molar-refractivity contribution is 7.88. The predicted octanol–water partition coefficient (Wildman–Crippen LogP) is 2.61. The highest BCUT2D eigenvalue weighted by Gasteiger charge is 2.20. The van der Waals surface area contributed by atoms with Crippen LogP contribution >= 0.6 is 11.3 Å². The Hall–Kier alpha value is -1.28. The summed E-state index contributed by atoms with van der Waals surface area (Å²) in [4.78, 5) is 3.04. The zero-order valence-corrected chi connectivity index (χ0v) is 14.1. The van der Waals surface area contributed by atoms with Gasteiger partial charge in [-0.2, -0.15) is 0 Å². The number of rotatable bonds is 7. The highest BCUT2D eigenvalue weighted by Crippen LogP contribution is 2.22. The lowest BCUT2D eigenvalue weighted by Crippen LogP contribution is -2.34. The van der Waals surface area contributed by atoms with Crippen LogP contribution in [0.1, 0.15) is 16.5 Å². The zero-order valence-electron chi connectivity index (χ0n) is 12.5. The van der Waals surface area contributed by atoms with Crippen molar-refractivity contribution in [3.63, 3.8) is 0 Å². The zero-order chi connectivity index (χ0) is 16.2. The summed E-state index contributed by atoms with van der Waals surface area (Å²) >= 11 is 1.58. The second kappa shape index (κ2) is 7.32. The van der Waals surface area contributed by atoms with E-state index in [4.69, 9.17) is 0 Å². The summed E-state index contributed by atoms with van der Waals surface area (Å²) in [6, 6.07) is 9.77. The Morgan fingerprint density at radius 3 is 2.55 bits per heavy atom. The molecule has 1 aromatic carbocycles. The summed E-state index contributed by atoms with van der Waals surface area (Å²) in [6.45, 7) is 0.254. The third-order valence-electron chi connectivity index (χ3n) is 3.29. The van der Waals surface area contributed by atoms with Crippen molar-refractivity contribution in [3.8, 4) is 0 Å². The third-order valence-corrected chi connectivity index (χ3v) is 5.57. The Balaban J connectivity index is 2.04. The summed E-state index contributed by atoms with van der Waals surface area (Å²) in [7, 11) is 0.208. The first-order valence-corrected chi connectivity index (χ1v) is 9.33. The summed E-state index contributed by atoms with van der Waals surface area (Å²) in [6.07, 6.45) is 0.